The van der Waals surface area contributed by atoms with Gasteiger partial charge in [0.1, 0.15) is 0 Å². The van der Waals surface area contributed by atoms with Crippen LogP contribution in [0.3, 0.4) is 0 Å². The number of carboxylic acid groups (broad SMARTS) is 2. The zero-order valence-corrected chi connectivity index (χ0v) is 16.7. The summed E-state index contributed by atoms with van der Waals surface area (Å²) in [5.74, 6) is -2.16. The number of nitrogens with zero attached hydrogens (tertiary/aromatic N) is 1. The minimum absolute atomic E-state index is 0.0312. The maximum Gasteiger partial charge on any atom is 0.414 e. The molecule has 1 amide bonds. The van der Waals surface area contributed by atoms with Crippen LogP contribution in [0.5, 0.6) is 11.5 Å². The molecule has 0 bridgehead atoms. The van der Waals surface area contributed by atoms with Gasteiger partial charge < -0.3 is 25.0 Å². The topological polar surface area (TPSA) is 125 Å². The molecular weight excluding hydrogens is 380 g/mol. The fraction of sp³-hybridized carbons (Fsp3) is 0.550. The quantitative estimate of drug-likeness (QED) is 0.633. The number of likely N-dealkylation sites (N-methyl/N-ethyl adjacent to an activating group) is 1. The van der Waals surface area contributed by atoms with E-state index in [1.165, 1.54) is 12.8 Å². The number of aliphatic carboxylic acids is 2. The Hall–Kier alpha value is -2.81. The van der Waals surface area contributed by atoms with E-state index in [9.17, 15) is 4.79 Å². The Morgan fingerprint density at radius 1 is 1.03 bits per heavy atom. The number of amides is 1. The van der Waals surface area contributed by atoms with E-state index in [4.69, 9.17) is 29.3 Å². The number of methoxy groups -OCH3 is 1. The van der Waals surface area contributed by atoms with E-state index in [1.54, 1.807) is 7.11 Å². The molecule has 1 saturated heterocycles. The molecule has 160 valence electrons. The molecular formula is C20H28N2O7. The highest BCUT2D eigenvalue weighted by Gasteiger charge is 2.28. The summed E-state index contributed by atoms with van der Waals surface area (Å²) in [6.07, 6.45) is 6.88. The van der Waals surface area contributed by atoms with E-state index < -0.39 is 11.9 Å². The zero-order valence-electron chi connectivity index (χ0n) is 16.7. The van der Waals surface area contributed by atoms with E-state index in [0.29, 0.717) is 5.75 Å². The maximum absolute atomic E-state index is 12.4. The van der Waals surface area contributed by atoms with Crippen LogP contribution in [-0.4, -0.2) is 65.8 Å². The first-order valence-electron chi connectivity index (χ1n) is 9.63. The molecule has 9 nitrogen and oxygen atoms in total. The van der Waals surface area contributed by atoms with Gasteiger partial charge in [-0.25, -0.2) is 9.59 Å². The molecule has 3 rings (SSSR count). The van der Waals surface area contributed by atoms with Gasteiger partial charge in [0.15, 0.2) is 11.5 Å². The Balaban J connectivity index is 0.000000438. The van der Waals surface area contributed by atoms with Crippen molar-refractivity contribution in [3.05, 3.63) is 18.2 Å². The number of likely N-dealkylation sites (tertiary alicyclic amines) is 1. The number of carbonyl (C=O) groups excluding carboxylic acids is 1. The van der Waals surface area contributed by atoms with Crippen LogP contribution in [0.2, 0.25) is 0 Å². The number of anilines is 1. The second-order valence-corrected chi connectivity index (χ2v) is 7.13. The van der Waals surface area contributed by atoms with Gasteiger partial charge in [-0.1, -0.05) is 0 Å². The number of hydrogen-bond donors (Lipinski definition) is 3. The van der Waals surface area contributed by atoms with Crippen LogP contribution in [0.1, 0.15) is 38.5 Å². The smallest absolute Gasteiger partial charge is 0.414 e. The molecule has 9 heteroatoms. The molecule has 1 atom stereocenters. The van der Waals surface area contributed by atoms with Crippen molar-refractivity contribution < 1.29 is 34.1 Å². The van der Waals surface area contributed by atoms with Crippen LogP contribution in [0.15, 0.2) is 18.2 Å². The van der Waals surface area contributed by atoms with Crippen LogP contribution in [0, 0.1) is 0 Å². The maximum atomic E-state index is 12.4. The molecule has 1 aliphatic carbocycles. The van der Waals surface area contributed by atoms with Crippen LogP contribution < -0.4 is 14.8 Å². The largest absolute Gasteiger partial charge is 0.493 e. The number of carbonyl (C=O) groups is 3. The van der Waals surface area contributed by atoms with Gasteiger partial charge in [0.2, 0.25) is 5.91 Å². The number of benzene rings is 1. The Bertz CT molecular complexity index is 720. The predicted octanol–water partition coefficient (Wildman–Crippen LogP) is 2.20. The van der Waals surface area contributed by atoms with Crippen LogP contribution >= 0.6 is 0 Å². The molecule has 0 aromatic heterocycles. The summed E-state index contributed by atoms with van der Waals surface area (Å²) in [4.78, 5) is 32.7. The van der Waals surface area contributed by atoms with Crippen molar-refractivity contribution >= 4 is 23.5 Å². The van der Waals surface area contributed by atoms with E-state index in [1.807, 2.05) is 25.2 Å². The Morgan fingerprint density at radius 3 is 2.21 bits per heavy atom. The average molecular weight is 408 g/mol. The Labute approximate surface area is 169 Å². The summed E-state index contributed by atoms with van der Waals surface area (Å²) in [7, 11) is 3.64. The van der Waals surface area contributed by atoms with Gasteiger partial charge in [-0.3, -0.25) is 9.69 Å². The van der Waals surface area contributed by atoms with Crippen molar-refractivity contribution in [3.8, 4) is 11.5 Å². The highest BCUT2D eigenvalue weighted by atomic mass is 16.5. The van der Waals surface area contributed by atoms with Crippen molar-refractivity contribution in [2.45, 2.75) is 50.7 Å². The second kappa shape index (κ2) is 10.7. The first-order chi connectivity index (χ1) is 13.8. The number of rotatable bonds is 5. The number of hydrogen-bond acceptors (Lipinski definition) is 6. The van der Waals surface area contributed by atoms with Gasteiger partial charge in [-0.15, -0.1) is 0 Å². The van der Waals surface area contributed by atoms with Crippen molar-refractivity contribution in [2.75, 3.05) is 26.0 Å². The molecule has 1 saturated carbocycles. The molecule has 1 heterocycles. The van der Waals surface area contributed by atoms with E-state index >= 15 is 0 Å². The van der Waals surface area contributed by atoms with Crippen molar-refractivity contribution in [1.29, 1.82) is 0 Å². The van der Waals surface area contributed by atoms with Gasteiger partial charge >= 0.3 is 11.9 Å². The molecule has 0 radical (unpaired) electrons. The molecule has 1 unspecified atom stereocenters. The number of ether oxygens (including phenoxy) is 2. The minimum Gasteiger partial charge on any atom is -0.493 e. The highest BCUT2D eigenvalue weighted by molar-refractivity contribution is 6.27. The molecule has 3 N–H and O–H groups in total. The molecule has 1 aliphatic heterocycles. The third-order valence-electron chi connectivity index (χ3n) is 5.03. The SMILES string of the molecule is COc1ccc(NC(=O)C2CCCN2C)cc1OC1CCCC1.O=C(O)C(=O)O. The normalized spacial score (nSPS) is 19.2. The third kappa shape index (κ3) is 6.63. The summed E-state index contributed by atoms with van der Waals surface area (Å²) in [6, 6.07) is 5.58. The molecule has 0 spiro atoms. The lowest BCUT2D eigenvalue weighted by Gasteiger charge is -2.20. The van der Waals surface area contributed by atoms with E-state index in [2.05, 4.69) is 10.2 Å². The van der Waals surface area contributed by atoms with Crippen LogP contribution in [0.25, 0.3) is 0 Å². The number of nitrogens with one attached hydrogen (secondary N) is 1. The van der Waals surface area contributed by atoms with Gasteiger partial charge in [0.05, 0.1) is 19.3 Å². The van der Waals surface area contributed by atoms with Gasteiger partial charge in [-0.2, -0.15) is 0 Å². The minimum atomic E-state index is -1.82. The number of carboxylic acids is 2. The first-order valence-corrected chi connectivity index (χ1v) is 9.63. The molecule has 29 heavy (non-hydrogen) atoms. The van der Waals surface area contributed by atoms with E-state index in [-0.39, 0.29) is 18.1 Å². The monoisotopic (exact) mass is 408 g/mol. The summed E-state index contributed by atoms with van der Waals surface area (Å²) in [6.45, 7) is 0.983. The van der Waals surface area contributed by atoms with Crippen molar-refractivity contribution in [3.63, 3.8) is 0 Å². The van der Waals surface area contributed by atoms with Crippen molar-refractivity contribution in [1.82, 2.24) is 4.90 Å². The van der Waals surface area contributed by atoms with Crippen LogP contribution in [-0.2, 0) is 14.4 Å². The third-order valence-corrected chi connectivity index (χ3v) is 5.03. The molecule has 1 aromatic rings. The summed E-state index contributed by atoms with van der Waals surface area (Å²) < 4.78 is 11.5. The predicted molar refractivity (Wildman–Crippen MR) is 105 cm³/mol. The van der Waals surface area contributed by atoms with Gasteiger partial charge in [-0.05, 0) is 64.3 Å². The highest BCUT2D eigenvalue weighted by Crippen LogP contribution is 2.34. The Morgan fingerprint density at radius 2 is 1.69 bits per heavy atom. The molecule has 2 aliphatic rings. The first kappa shape index (κ1) is 22.5. The second-order valence-electron chi connectivity index (χ2n) is 7.13. The van der Waals surface area contributed by atoms with Gasteiger partial charge in [0.25, 0.3) is 0 Å². The van der Waals surface area contributed by atoms with E-state index in [0.717, 1.165) is 43.7 Å². The summed E-state index contributed by atoms with van der Waals surface area (Å²) in [5, 5.41) is 17.8. The summed E-state index contributed by atoms with van der Waals surface area (Å²) in [5.41, 5.74) is 0.768. The fourth-order valence-electron chi connectivity index (χ4n) is 3.50. The zero-order chi connectivity index (χ0) is 21.4. The summed E-state index contributed by atoms with van der Waals surface area (Å²) >= 11 is 0. The molecule has 1 aromatic carbocycles. The lowest BCUT2D eigenvalue weighted by atomic mass is 10.2. The molecule has 2 fully saturated rings. The average Bonchev–Trinajstić information content (AvgIpc) is 3.34. The van der Waals surface area contributed by atoms with Crippen molar-refractivity contribution in [2.24, 2.45) is 0 Å². The lowest BCUT2D eigenvalue weighted by Crippen LogP contribution is -2.37. The lowest BCUT2D eigenvalue weighted by molar-refractivity contribution is -0.159. The fourth-order valence-corrected chi connectivity index (χ4v) is 3.50. The standard InChI is InChI=1S/C18H26N2O3.C2H2O4/c1-20-11-5-8-15(20)18(21)19-13-9-10-16(22-2)17(12-13)23-14-6-3-4-7-14;3-1(4)2(5)6/h9-10,12,14-15H,3-8,11H2,1-2H3,(H,19,21);(H,3,4)(H,5,6). The van der Waals surface area contributed by atoms with Crippen LogP contribution in [0.4, 0.5) is 5.69 Å². The Kier molecular flexibility index (Phi) is 8.26. The van der Waals surface area contributed by atoms with Gasteiger partial charge in [0, 0.05) is 11.8 Å².